The molecule has 3 atom stereocenters. The third kappa shape index (κ3) is 6.85. The van der Waals surface area contributed by atoms with Gasteiger partial charge in [0.1, 0.15) is 11.5 Å². The van der Waals surface area contributed by atoms with Gasteiger partial charge in [-0.25, -0.2) is 0 Å². The topological polar surface area (TPSA) is 81.9 Å². The molecular formula is C29H40N2O4. The van der Waals surface area contributed by atoms with Gasteiger partial charge in [-0.05, 0) is 98.9 Å². The number of rotatable bonds is 10. The Labute approximate surface area is 209 Å². The summed E-state index contributed by atoms with van der Waals surface area (Å²) in [6, 6.07) is 14.0. The van der Waals surface area contributed by atoms with Gasteiger partial charge < -0.3 is 15.2 Å². The molecule has 3 rings (SSSR count). The smallest absolute Gasteiger partial charge is 0.260 e. The Morgan fingerprint density at radius 2 is 1.49 bits per heavy atom. The van der Waals surface area contributed by atoms with Crippen molar-refractivity contribution in [3.63, 3.8) is 0 Å². The summed E-state index contributed by atoms with van der Waals surface area (Å²) in [5.74, 6) is 1.30. The molecule has 190 valence electrons. The fraction of sp³-hybridized carbons (Fsp3) is 0.517. The molecule has 2 aromatic rings. The Kier molecular flexibility index (Phi) is 9.33. The van der Waals surface area contributed by atoms with E-state index >= 15 is 0 Å². The predicted molar refractivity (Wildman–Crippen MR) is 139 cm³/mol. The summed E-state index contributed by atoms with van der Waals surface area (Å²) in [6.07, 6.45) is 7.58. The maximum Gasteiger partial charge on any atom is 0.260 e. The number of hydrogen-bond donors (Lipinski definition) is 1. The van der Waals surface area contributed by atoms with Crippen LogP contribution in [0.5, 0.6) is 11.5 Å². The first-order valence-electron chi connectivity index (χ1n) is 12.7. The van der Waals surface area contributed by atoms with Crippen molar-refractivity contribution in [3.8, 4) is 11.5 Å². The van der Waals surface area contributed by atoms with Crippen molar-refractivity contribution in [2.45, 2.75) is 64.8 Å². The van der Waals surface area contributed by atoms with Crippen LogP contribution in [-0.4, -0.2) is 43.5 Å². The summed E-state index contributed by atoms with van der Waals surface area (Å²) in [4.78, 5) is 28.6. The fourth-order valence-corrected chi connectivity index (χ4v) is 5.20. The molecular weight excluding hydrogens is 440 g/mol. The van der Waals surface area contributed by atoms with Gasteiger partial charge in [-0.3, -0.25) is 14.5 Å². The van der Waals surface area contributed by atoms with E-state index in [0.717, 1.165) is 25.7 Å². The van der Waals surface area contributed by atoms with Gasteiger partial charge in [0, 0.05) is 23.7 Å². The lowest BCUT2D eigenvalue weighted by Crippen LogP contribution is -2.41. The van der Waals surface area contributed by atoms with E-state index in [1.54, 1.807) is 62.8 Å². The van der Waals surface area contributed by atoms with Crippen molar-refractivity contribution in [3.05, 3.63) is 59.7 Å². The zero-order valence-corrected chi connectivity index (χ0v) is 21.6. The minimum absolute atomic E-state index is 0.0752. The minimum Gasteiger partial charge on any atom is -0.497 e. The number of imide groups is 1. The molecule has 1 aliphatic carbocycles. The molecule has 6 heteroatoms. The van der Waals surface area contributed by atoms with Gasteiger partial charge in [0.2, 0.25) is 0 Å². The van der Waals surface area contributed by atoms with Crippen LogP contribution in [0, 0.1) is 11.3 Å². The second kappa shape index (κ2) is 12.2. The van der Waals surface area contributed by atoms with Crippen LogP contribution in [0.25, 0.3) is 0 Å². The van der Waals surface area contributed by atoms with Crippen molar-refractivity contribution in [1.29, 1.82) is 0 Å². The molecule has 0 bridgehead atoms. The lowest BCUT2D eigenvalue weighted by molar-refractivity contribution is 0.0508. The molecule has 1 fully saturated rings. The Balaban J connectivity index is 1.84. The second-order valence-electron chi connectivity index (χ2n) is 10.1. The van der Waals surface area contributed by atoms with Crippen molar-refractivity contribution in [2.75, 3.05) is 20.8 Å². The number of nitrogens with two attached hydrogens (primary N) is 1. The first-order valence-corrected chi connectivity index (χ1v) is 12.7. The zero-order chi connectivity index (χ0) is 25.4. The normalized spacial score (nSPS) is 20.7. The first-order chi connectivity index (χ1) is 16.8. The van der Waals surface area contributed by atoms with Crippen molar-refractivity contribution in [1.82, 2.24) is 4.90 Å². The maximum absolute atomic E-state index is 13.6. The summed E-state index contributed by atoms with van der Waals surface area (Å²) in [7, 11) is 3.17. The number of methoxy groups -OCH3 is 2. The van der Waals surface area contributed by atoms with Crippen LogP contribution in [0.4, 0.5) is 0 Å². The van der Waals surface area contributed by atoms with E-state index in [9.17, 15) is 9.59 Å². The average Bonchev–Trinajstić information content (AvgIpc) is 2.88. The summed E-state index contributed by atoms with van der Waals surface area (Å²) in [6.45, 7) is 4.76. The van der Waals surface area contributed by atoms with Crippen LogP contribution >= 0.6 is 0 Å². The molecule has 0 heterocycles. The van der Waals surface area contributed by atoms with Gasteiger partial charge in [-0.1, -0.05) is 19.8 Å². The lowest BCUT2D eigenvalue weighted by atomic mass is 9.64. The van der Waals surface area contributed by atoms with Crippen molar-refractivity contribution >= 4 is 11.8 Å². The Hall–Kier alpha value is -2.86. The quantitative estimate of drug-likeness (QED) is 0.441. The van der Waals surface area contributed by atoms with Crippen molar-refractivity contribution < 1.29 is 19.1 Å². The molecule has 0 aliphatic heterocycles. The van der Waals surface area contributed by atoms with E-state index < -0.39 is 0 Å². The number of carbonyl (C=O) groups is 2. The van der Waals surface area contributed by atoms with Crippen LogP contribution in [0.15, 0.2) is 48.5 Å². The van der Waals surface area contributed by atoms with E-state index in [-0.39, 0.29) is 23.3 Å². The number of ether oxygens (including phenoxy) is 2. The second-order valence-corrected chi connectivity index (χ2v) is 10.1. The third-order valence-corrected chi connectivity index (χ3v) is 7.58. The van der Waals surface area contributed by atoms with E-state index in [1.807, 2.05) is 0 Å². The molecule has 1 aliphatic rings. The highest BCUT2D eigenvalue weighted by molar-refractivity contribution is 6.10. The molecule has 2 amide bonds. The van der Waals surface area contributed by atoms with Gasteiger partial charge in [0.15, 0.2) is 0 Å². The van der Waals surface area contributed by atoms with Crippen molar-refractivity contribution in [2.24, 2.45) is 17.1 Å². The van der Waals surface area contributed by atoms with Gasteiger partial charge in [-0.2, -0.15) is 0 Å². The largest absolute Gasteiger partial charge is 0.497 e. The lowest BCUT2D eigenvalue weighted by Gasteiger charge is -2.43. The highest BCUT2D eigenvalue weighted by atomic mass is 16.5. The van der Waals surface area contributed by atoms with Gasteiger partial charge in [0.25, 0.3) is 11.8 Å². The molecule has 0 radical (unpaired) electrons. The minimum atomic E-state index is -0.292. The maximum atomic E-state index is 13.6. The van der Waals surface area contributed by atoms with Crippen LogP contribution < -0.4 is 15.2 Å². The molecule has 3 unspecified atom stereocenters. The molecule has 6 nitrogen and oxygen atoms in total. The monoisotopic (exact) mass is 480 g/mol. The first kappa shape index (κ1) is 26.7. The van der Waals surface area contributed by atoms with Gasteiger partial charge >= 0.3 is 0 Å². The molecule has 2 N–H and O–H groups in total. The van der Waals surface area contributed by atoms with Gasteiger partial charge in [-0.15, -0.1) is 0 Å². The Bertz CT molecular complexity index is 912. The molecule has 0 saturated heterocycles. The predicted octanol–water partition coefficient (Wildman–Crippen LogP) is 5.70. The van der Waals surface area contributed by atoms with E-state index in [1.165, 1.54) is 24.2 Å². The summed E-state index contributed by atoms with van der Waals surface area (Å²) < 4.78 is 10.5. The Morgan fingerprint density at radius 1 is 0.971 bits per heavy atom. The van der Waals surface area contributed by atoms with Crippen LogP contribution in [-0.2, 0) is 0 Å². The summed E-state index contributed by atoms with van der Waals surface area (Å²) in [5.41, 5.74) is 7.06. The van der Waals surface area contributed by atoms with E-state index in [4.69, 9.17) is 15.2 Å². The van der Waals surface area contributed by atoms with E-state index in [2.05, 4.69) is 13.8 Å². The average molecular weight is 481 g/mol. The third-order valence-electron chi connectivity index (χ3n) is 7.58. The van der Waals surface area contributed by atoms with Crippen LogP contribution in [0.3, 0.4) is 0 Å². The highest BCUT2D eigenvalue weighted by Gasteiger charge is 2.37. The number of carbonyl (C=O) groups excluding carboxylic acids is 2. The van der Waals surface area contributed by atoms with Crippen LogP contribution in [0.1, 0.15) is 79.5 Å². The molecule has 0 aromatic heterocycles. The number of benzene rings is 2. The highest BCUT2D eigenvalue weighted by Crippen LogP contribution is 2.46. The summed E-state index contributed by atoms with van der Waals surface area (Å²) >= 11 is 0. The molecule has 0 spiro atoms. The van der Waals surface area contributed by atoms with Crippen LogP contribution in [0.2, 0.25) is 0 Å². The fourth-order valence-electron chi connectivity index (χ4n) is 5.20. The molecule has 2 aromatic carbocycles. The zero-order valence-electron chi connectivity index (χ0n) is 21.6. The Morgan fingerprint density at radius 3 is 1.94 bits per heavy atom. The molecule has 1 saturated carbocycles. The molecule has 35 heavy (non-hydrogen) atoms. The van der Waals surface area contributed by atoms with Gasteiger partial charge in [0.05, 0.1) is 14.2 Å². The number of amides is 2. The number of hydrogen-bond acceptors (Lipinski definition) is 5. The summed E-state index contributed by atoms with van der Waals surface area (Å²) in [5, 5.41) is 0. The van der Waals surface area contributed by atoms with E-state index in [0.29, 0.717) is 35.1 Å². The SMILES string of the molecule is COc1ccc(C(=O)N(CCC2(C)CCCCC2CCC(C)N)C(=O)c2ccc(OC)cc2)cc1. The number of nitrogens with zero attached hydrogens (tertiary/aromatic N) is 1. The standard InChI is InChI=1S/C29H40N2O4/c1-21(30)8-13-24-7-5-6-18-29(24,2)19-20-31(27(32)22-9-14-25(34-3)15-10-22)28(33)23-11-16-26(35-4)17-12-23/h9-12,14-17,21,24H,5-8,13,18-20,30H2,1-4H3.